The molecular weight excluding hydrogens is 314 g/mol. The number of carbonyl (C=O) groups is 1. The first-order chi connectivity index (χ1) is 12.2. The van der Waals surface area contributed by atoms with Gasteiger partial charge in [0, 0.05) is 31.7 Å². The molecule has 1 amide bonds. The Morgan fingerprint density at radius 2 is 2.00 bits per heavy atom. The number of amides is 1. The number of ether oxygens (including phenoxy) is 1. The Morgan fingerprint density at radius 3 is 2.64 bits per heavy atom. The predicted molar refractivity (Wildman–Crippen MR) is 98.2 cm³/mol. The minimum atomic E-state index is -0.0919. The van der Waals surface area contributed by atoms with E-state index in [1.165, 1.54) is 5.56 Å². The van der Waals surface area contributed by atoms with Crippen molar-refractivity contribution in [3.8, 4) is 0 Å². The maximum Gasteiger partial charge on any atom is 0.228 e. The molecule has 0 aliphatic carbocycles. The number of carbonyl (C=O) groups excluding carboxylic acids is 1. The van der Waals surface area contributed by atoms with Crippen LogP contribution in [0.2, 0.25) is 0 Å². The van der Waals surface area contributed by atoms with Crippen LogP contribution in [-0.4, -0.2) is 48.3 Å². The van der Waals surface area contributed by atoms with E-state index in [0.29, 0.717) is 0 Å². The number of benzene rings is 1. The first-order valence-electron chi connectivity index (χ1n) is 9.72. The Kier molecular flexibility index (Phi) is 6.13. The molecule has 2 saturated heterocycles. The standard InChI is InChI=1S/C21H31NO3/c1-2-19-18(9-6-14-25-19)20(24)22-12-10-21(16-23,11-13-22)15-17-7-4-3-5-8-17/h3-5,7-8,18-19,23H,2,6,9-16H2,1H3/t18-,19-/m1/s1. The second kappa shape index (κ2) is 8.33. The van der Waals surface area contributed by atoms with E-state index in [1.54, 1.807) is 0 Å². The van der Waals surface area contributed by atoms with Gasteiger partial charge >= 0.3 is 0 Å². The highest BCUT2D eigenvalue weighted by Gasteiger charge is 2.39. The zero-order valence-corrected chi connectivity index (χ0v) is 15.3. The molecule has 2 heterocycles. The number of aliphatic hydroxyl groups is 1. The van der Waals surface area contributed by atoms with Crippen molar-refractivity contribution in [3.05, 3.63) is 35.9 Å². The summed E-state index contributed by atoms with van der Waals surface area (Å²) >= 11 is 0. The van der Waals surface area contributed by atoms with Gasteiger partial charge in [-0.15, -0.1) is 0 Å². The van der Waals surface area contributed by atoms with Gasteiger partial charge in [-0.05, 0) is 44.1 Å². The summed E-state index contributed by atoms with van der Waals surface area (Å²) in [6.45, 7) is 4.57. The highest BCUT2D eigenvalue weighted by Crippen LogP contribution is 2.36. The van der Waals surface area contributed by atoms with E-state index in [2.05, 4.69) is 19.1 Å². The summed E-state index contributed by atoms with van der Waals surface area (Å²) in [5, 5.41) is 10.0. The molecule has 1 aromatic carbocycles. The smallest absolute Gasteiger partial charge is 0.228 e. The normalized spacial score (nSPS) is 26.4. The highest BCUT2D eigenvalue weighted by molar-refractivity contribution is 5.79. The Balaban J connectivity index is 1.60. The van der Waals surface area contributed by atoms with Crippen molar-refractivity contribution < 1.29 is 14.6 Å². The van der Waals surface area contributed by atoms with Gasteiger partial charge in [0.25, 0.3) is 0 Å². The summed E-state index contributed by atoms with van der Waals surface area (Å²) in [6.07, 6.45) is 5.53. The second-order valence-electron chi connectivity index (χ2n) is 7.71. The fourth-order valence-electron chi connectivity index (χ4n) is 4.38. The van der Waals surface area contributed by atoms with Crippen LogP contribution in [0.1, 0.15) is 44.6 Å². The molecule has 25 heavy (non-hydrogen) atoms. The number of rotatable bonds is 5. The van der Waals surface area contributed by atoms with E-state index < -0.39 is 0 Å². The predicted octanol–water partition coefficient (Wildman–Crippen LogP) is 3.04. The number of hydrogen-bond acceptors (Lipinski definition) is 3. The third kappa shape index (κ3) is 4.24. The van der Waals surface area contributed by atoms with Crippen LogP contribution in [0.4, 0.5) is 0 Å². The third-order valence-electron chi connectivity index (χ3n) is 6.05. The molecule has 138 valence electrons. The maximum absolute atomic E-state index is 13.0. The zero-order valence-electron chi connectivity index (χ0n) is 15.3. The summed E-state index contributed by atoms with van der Waals surface area (Å²) in [5.41, 5.74) is 1.17. The van der Waals surface area contributed by atoms with Gasteiger partial charge in [-0.3, -0.25) is 4.79 Å². The van der Waals surface area contributed by atoms with Gasteiger partial charge in [-0.1, -0.05) is 37.3 Å². The third-order valence-corrected chi connectivity index (χ3v) is 6.05. The van der Waals surface area contributed by atoms with E-state index in [0.717, 1.165) is 58.2 Å². The Morgan fingerprint density at radius 1 is 1.28 bits per heavy atom. The van der Waals surface area contributed by atoms with E-state index in [4.69, 9.17) is 4.74 Å². The van der Waals surface area contributed by atoms with Crippen molar-refractivity contribution in [2.24, 2.45) is 11.3 Å². The fraction of sp³-hybridized carbons (Fsp3) is 0.667. The molecule has 1 aromatic rings. The van der Waals surface area contributed by atoms with Crippen LogP contribution in [0.3, 0.4) is 0 Å². The van der Waals surface area contributed by atoms with E-state index in [1.807, 2.05) is 23.1 Å². The van der Waals surface area contributed by atoms with Gasteiger partial charge < -0.3 is 14.7 Å². The van der Waals surface area contributed by atoms with Crippen LogP contribution < -0.4 is 0 Å². The number of likely N-dealkylation sites (tertiary alicyclic amines) is 1. The monoisotopic (exact) mass is 345 g/mol. The molecule has 0 bridgehead atoms. The van der Waals surface area contributed by atoms with E-state index in [-0.39, 0.29) is 30.0 Å². The van der Waals surface area contributed by atoms with Crippen LogP contribution in [0.5, 0.6) is 0 Å². The van der Waals surface area contributed by atoms with Gasteiger partial charge in [-0.2, -0.15) is 0 Å². The Bertz CT molecular complexity index is 552. The zero-order chi connectivity index (χ0) is 17.7. The van der Waals surface area contributed by atoms with Crippen molar-refractivity contribution in [1.29, 1.82) is 0 Å². The maximum atomic E-state index is 13.0. The van der Waals surface area contributed by atoms with Gasteiger partial charge in [0.1, 0.15) is 0 Å². The van der Waals surface area contributed by atoms with Gasteiger partial charge in [0.15, 0.2) is 0 Å². The lowest BCUT2D eigenvalue weighted by Crippen LogP contribution is -2.50. The molecule has 2 atom stereocenters. The van der Waals surface area contributed by atoms with Gasteiger partial charge in [-0.25, -0.2) is 0 Å². The van der Waals surface area contributed by atoms with Crippen LogP contribution >= 0.6 is 0 Å². The molecule has 3 rings (SSSR count). The largest absolute Gasteiger partial charge is 0.396 e. The number of hydrogen-bond donors (Lipinski definition) is 1. The summed E-state index contributed by atoms with van der Waals surface area (Å²) in [5.74, 6) is 0.285. The van der Waals surface area contributed by atoms with Crippen LogP contribution in [-0.2, 0) is 16.0 Å². The Hall–Kier alpha value is -1.39. The van der Waals surface area contributed by atoms with E-state index >= 15 is 0 Å². The molecule has 0 aromatic heterocycles. The van der Waals surface area contributed by atoms with Crippen LogP contribution in [0.25, 0.3) is 0 Å². The second-order valence-corrected chi connectivity index (χ2v) is 7.71. The van der Waals surface area contributed by atoms with Crippen LogP contribution in [0, 0.1) is 11.3 Å². The molecule has 2 aliphatic rings. The number of nitrogens with zero attached hydrogens (tertiary/aromatic N) is 1. The van der Waals surface area contributed by atoms with Crippen LogP contribution in [0.15, 0.2) is 30.3 Å². The molecule has 0 unspecified atom stereocenters. The topological polar surface area (TPSA) is 49.8 Å². The molecular formula is C21H31NO3. The fourth-order valence-corrected chi connectivity index (χ4v) is 4.38. The van der Waals surface area contributed by atoms with Crippen molar-refractivity contribution >= 4 is 5.91 Å². The van der Waals surface area contributed by atoms with Crippen molar-refractivity contribution in [2.75, 3.05) is 26.3 Å². The molecule has 4 heteroatoms. The van der Waals surface area contributed by atoms with Gasteiger partial charge in [0.05, 0.1) is 12.0 Å². The summed E-state index contributed by atoms with van der Waals surface area (Å²) in [4.78, 5) is 15.0. The summed E-state index contributed by atoms with van der Waals surface area (Å²) in [7, 11) is 0. The average molecular weight is 345 g/mol. The highest BCUT2D eigenvalue weighted by atomic mass is 16.5. The minimum absolute atomic E-state index is 0.0227. The molecule has 0 saturated carbocycles. The lowest BCUT2D eigenvalue weighted by molar-refractivity contribution is -0.148. The first-order valence-corrected chi connectivity index (χ1v) is 9.72. The summed E-state index contributed by atoms with van der Waals surface area (Å²) < 4.78 is 5.81. The quantitative estimate of drug-likeness (QED) is 0.892. The van der Waals surface area contributed by atoms with Crippen molar-refractivity contribution in [2.45, 2.75) is 51.6 Å². The lowest BCUT2D eigenvalue weighted by Gasteiger charge is -2.43. The average Bonchev–Trinajstić information content (AvgIpc) is 2.68. The first kappa shape index (κ1) is 18.4. The molecule has 0 spiro atoms. The SMILES string of the molecule is CC[C@H]1OCCC[C@H]1C(=O)N1CCC(CO)(Cc2ccccc2)CC1. The number of aliphatic hydroxyl groups excluding tert-OH is 1. The molecule has 2 fully saturated rings. The Labute approximate surface area is 151 Å². The summed E-state index contributed by atoms with van der Waals surface area (Å²) in [6, 6.07) is 10.4. The van der Waals surface area contributed by atoms with Gasteiger partial charge in [0.2, 0.25) is 5.91 Å². The molecule has 0 radical (unpaired) electrons. The van der Waals surface area contributed by atoms with Crippen molar-refractivity contribution in [1.82, 2.24) is 4.90 Å². The van der Waals surface area contributed by atoms with Crippen molar-refractivity contribution in [3.63, 3.8) is 0 Å². The van der Waals surface area contributed by atoms with E-state index in [9.17, 15) is 9.90 Å². The molecule has 1 N–H and O–H groups in total. The number of piperidine rings is 1. The lowest BCUT2D eigenvalue weighted by atomic mass is 9.74. The molecule has 4 nitrogen and oxygen atoms in total. The minimum Gasteiger partial charge on any atom is -0.396 e. The molecule has 2 aliphatic heterocycles.